The predicted octanol–water partition coefficient (Wildman–Crippen LogP) is 5.09. The highest BCUT2D eigenvalue weighted by molar-refractivity contribution is 6.36. The lowest BCUT2D eigenvalue weighted by Gasteiger charge is -2.20. The molecule has 1 aliphatic rings. The van der Waals surface area contributed by atoms with Crippen molar-refractivity contribution in [2.45, 2.75) is 38.8 Å². The molecule has 106 valence electrons. The molecule has 20 heavy (non-hydrogen) atoms. The Labute approximate surface area is 119 Å². The summed E-state index contributed by atoms with van der Waals surface area (Å²) in [6.45, 7) is 1.37. The second-order valence-electron chi connectivity index (χ2n) is 5.20. The van der Waals surface area contributed by atoms with E-state index in [9.17, 15) is 13.2 Å². The highest BCUT2D eigenvalue weighted by Gasteiger charge is 2.36. The molecule has 0 bridgehead atoms. The van der Waals surface area contributed by atoms with Crippen LogP contribution in [0.3, 0.4) is 0 Å². The third-order valence-electron chi connectivity index (χ3n) is 3.92. The van der Waals surface area contributed by atoms with Gasteiger partial charge in [0.1, 0.15) is 5.69 Å². The summed E-state index contributed by atoms with van der Waals surface area (Å²) < 4.78 is 39.2. The number of alkyl halides is 3. The fraction of sp³-hybridized carbons (Fsp3) is 0.400. The molecule has 0 aliphatic heterocycles. The van der Waals surface area contributed by atoms with Crippen LogP contribution in [0.2, 0.25) is 5.02 Å². The largest absolute Gasteiger partial charge is 0.433 e. The summed E-state index contributed by atoms with van der Waals surface area (Å²) in [5.41, 5.74) is 1.59. The van der Waals surface area contributed by atoms with Crippen LogP contribution in [-0.4, -0.2) is 4.98 Å². The van der Waals surface area contributed by atoms with Gasteiger partial charge in [0.2, 0.25) is 0 Å². The van der Waals surface area contributed by atoms with Gasteiger partial charge >= 0.3 is 6.18 Å². The van der Waals surface area contributed by atoms with Crippen LogP contribution in [-0.2, 0) is 19.0 Å². The first-order valence-electron chi connectivity index (χ1n) is 6.57. The maximum Gasteiger partial charge on any atom is 0.433 e. The highest BCUT2D eigenvalue weighted by atomic mass is 35.5. The molecule has 5 heteroatoms. The zero-order valence-corrected chi connectivity index (χ0v) is 11.7. The zero-order valence-electron chi connectivity index (χ0n) is 10.9. The quantitative estimate of drug-likeness (QED) is 0.660. The molecule has 1 aromatic heterocycles. The van der Waals surface area contributed by atoms with Crippen LogP contribution in [0.15, 0.2) is 12.1 Å². The van der Waals surface area contributed by atoms with Crippen molar-refractivity contribution in [2.24, 2.45) is 0 Å². The van der Waals surface area contributed by atoms with Crippen molar-refractivity contribution in [1.29, 1.82) is 0 Å². The fourth-order valence-corrected chi connectivity index (χ4v) is 3.13. The third-order valence-corrected chi connectivity index (χ3v) is 4.40. The molecule has 1 aromatic carbocycles. The molecule has 0 amide bonds. The van der Waals surface area contributed by atoms with Gasteiger partial charge in [-0.15, -0.1) is 0 Å². The van der Waals surface area contributed by atoms with E-state index in [-0.39, 0.29) is 10.6 Å². The van der Waals surface area contributed by atoms with E-state index in [0.29, 0.717) is 10.9 Å². The highest BCUT2D eigenvalue weighted by Crippen LogP contribution is 2.39. The van der Waals surface area contributed by atoms with Crippen molar-refractivity contribution in [2.75, 3.05) is 0 Å². The number of hydrogen-bond donors (Lipinski definition) is 0. The summed E-state index contributed by atoms with van der Waals surface area (Å²) in [5, 5.41) is 0.786. The molecular weight excluding hydrogens is 287 g/mol. The van der Waals surface area contributed by atoms with E-state index in [1.54, 1.807) is 6.07 Å². The van der Waals surface area contributed by atoms with E-state index in [0.717, 1.165) is 36.8 Å². The molecule has 3 rings (SSSR count). The van der Waals surface area contributed by atoms with Crippen LogP contribution in [0.25, 0.3) is 10.9 Å². The Morgan fingerprint density at radius 2 is 1.85 bits per heavy atom. The van der Waals surface area contributed by atoms with Crippen molar-refractivity contribution in [3.8, 4) is 0 Å². The molecule has 0 atom stereocenters. The van der Waals surface area contributed by atoms with E-state index < -0.39 is 11.9 Å². The maximum absolute atomic E-state index is 13.1. The minimum atomic E-state index is -4.47. The molecule has 1 nitrogen and oxygen atoms in total. The van der Waals surface area contributed by atoms with E-state index in [2.05, 4.69) is 4.98 Å². The lowest BCUT2D eigenvalue weighted by Crippen LogP contribution is -2.13. The number of rotatable bonds is 0. The maximum atomic E-state index is 13.1. The van der Waals surface area contributed by atoms with Crippen LogP contribution in [0.4, 0.5) is 13.2 Å². The van der Waals surface area contributed by atoms with Gasteiger partial charge in [0.15, 0.2) is 0 Å². The van der Waals surface area contributed by atoms with Crippen molar-refractivity contribution >= 4 is 22.5 Å². The average molecular weight is 300 g/mol. The number of nitrogens with zero attached hydrogens (tertiary/aromatic N) is 1. The summed E-state index contributed by atoms with van der Waals surface area (Å²) in [7, 11) is 0. The molecule has 1 heterocycles. The number of benzene rings is 1. The predicted molar refractivity (Wildman–Crippen MR) is 73.1 cm³/mol. The molecule has 1 aliphatic carbocycles. The molecule has 0 saturated heterocycles. The Hall–Kier alpha value is -1.29. The Kier molecular flexibility index (Phi) is 3.16. The van der Waals surface area contributed by atoms with Crippen LogP contribution in [0, 0.1) is 6.92 Å². The zero-order chi connectivity index (χ0) is 14.5. The second kappa shape index (κ2) is 4.62. The van der Waals surface area contributed by atoms with Gasteiger partial charge in [-0.1, -0.05) is 23.7 Å². The molecule has 0 saturated carbocycles. The van der Waals surface area contributed by atoms with Crippen molar-refractivity contribution in [3.05, 3.63) is 39.5 Å². The molecule has 2 aromatic rings. The van der Waals surface area contributed by atoms with Gasteiger partial charge in [0.05, 0.1) is 10.5 Å². The number of aryl methyl sites for hydroxylation is 2. The van der Waals surface area contributed by atoms with Gasteiger partial charge in [0, 0.05) is 5.39 Å². The number of hydrogen-bond acceptors (Lipinski definition) is 1. The summed E-state index contributed by atoms with van der Waals surface area (Å²) in [6, 6.07) is 3.76. The Bertz CT molecular complexity index is 692. The van der Waals surface area contributed by atoms with Crippen molar-refractivity contribution in [1.82, 2.24) is 4.98 Å². The molecule has 0 fully saturated rings. The first kappa shape index (κ1) is 13.7. The normalized spacial score (nSPS) is 15.4. The molecule has 0 N–H and O–H groups in total. The van der Waals surface area contributed by atoms with Crippen molar-refractivity contribution in [3.63, 3.8) is 0 Å². The Balaban J connectivity index is 2.38. The SMILES string of the molecule is Cc1c(C(F)(F)F)nc2c3c(ccc2c1Cl)CCCC3. The molecule has 0 unspecified atom stereocenters. The number of pyridine rings is 1. The van der Waals surface area contributed by atoms with E-state index >= 15 is 0 Å². The lowest BCUT2D eigenvalue weighted by atomic mass is 9.89. The van der Waals surface area contributed by atoms with Crippen LogP contribution in [0.5, 0.6) is 0 Å². The molecule has 0 radical (unpaired) electrons. The van der Waals surface area contributed by atoms with E-state index in [1.165, 1.54) is 6.92 Å². The number of halogens is 4. The van der Waals surface area contributed by atoms with Gasteiger partial charge in [-0.2, -0.15) is 13.2 Å². The van der Waals surface area contributed by atoms with E-state index in [4.69, 9.17) is 11.6 Å². The summed E-state index contributed by atoms with van der Waals surface area (Å²) >= 11 is 6.14. The van der Waals surface area contributed by atoms with Crippen LogP contribution >= 0.6 is 11.6 Å². The Morgan fingerprint density at radius 1 is 1.15 bits per heavy atom. The minimum absolute atomic E-state index is 0.00225. The average Bonchev–Trinajstić information content (AvgIpc) is 2.41. The van der Waals surface area contributed by atoms with Gasteiger partial charge in [-0.25, -0.2) is 4.98 Å². The van der Waals surface area contributed by atoms with Crippen LogP contribution < -0.4 is 0 Å². The summed E-state index contributed by atoms with van der Waals surface area (Å²) in [4.78, 5) is 3.91. The van der Waals surface area contributed by atoms with Crippen LogP contribution in [0.1, 0.15) is 35.2 Å². The fourth-order valence-electron chi connectivity index (χ4n) is 2.89. The number of aromatic nitrogens is 1. The summed E-state index contributed by atoms with van der Waals surface area (Å²) in [5.74, 6) is 0. The second-order valence-corrected chi connectivity index (χ2v) is 5.58. The summed E-state index contributed by atoms with van der Waals surface area (Å²) in [6.07, 6.45) is -0.736. The van der Waals surface area contributed by atoms with E-state index in [1.807, 2.05) is 6.07 Å². The lowest BCUT2D eigenvalue weighted by molar-refractivity contribution is -0.141. The van der Waals surface area contributed by atoms with Gasteiger partial charge in [-0.05, 0) is 49.3 Å². The first-order valence-corrected chi connectivity index (χ1v) is 6.95. The molecular formula is C15H13ClF3N. The minimum Gasteiger partial charge on any atom is -0.243 e. The first-order chi connectivity index (χ1) is 9.39. The molecule has 0 spiro atoms. The third kappa shape index (κ3) is 2.06. The van der Waals surface area contributed by atoms with Gasteiger partial charge < -0.3 is 0 Å². The van der Waals surface area contributed by atoms with Gasteiger partial charge in [0.25, 0.3) is 0 Å². The van der Waals surface area contributed by atoms with Crippen molar-refractivity contribution < 1.29 is 13.2 Å². The monoisotopic (exact) mass is 299 g/mol. The Morgan fingerprint density at radius 3 is 2.55 bits per heavy atom. The topological polar surface area (TPSA) is 12.9 Å². The van der Waals surface area contributed by atoms with Gasteiger partial charge in [-0.3, -0.25) is 0 Å². The standard InChI is InChI=1S/C15H13ClF3N/c1-8-12(16)11-7-6-9-4-2-3-5-10(9)13(11)20-14(8)15(17,18)19/h6-7H,2-5H2,1H3. The number of fused-ring (bicyclic) bond motifs is 3. The smallest absolute Gasteiger partial charge is 0.243 e.